The van der Waals surface area contributed by atoms with Gasteiger partial charge in [0.2, 0.25) is 0 Å². The van der Waals surface area contributed by atoms with Gasteiger partial charge in [-0.15, -0.1) is 0 Å². The lowest BCUT2D eigenvalue weighted by Gasteiger charge is -2.28. The van der Waals surface area contributed by atoms with Crippen molar-refractivity contribution in [2.75, 3.05) is 45.8 Å². The Morgan fingerprint density at radius 1 is 1.11 bits per heavy atom. The van der Waals surface area contributed by atoms with Crippen LogP contribution in [0.1, 0.15) is 52.0 Å². The summed E-state index contributed by atoms with van der Waals surface area (Å²) in [4.78, 5) is 31.7. The van der Waals surface area contributed by atoms with Gasteiger partial charge in [-0.25, -0.2) is 0 Å². The molecule has 146 valence electrons. The number of piperidine rings is 1. The van der Waals surface area contributed by atoms with Crippen LogP contribution < -0.4 is 5.73 Å². The van der Waals surface area contributed by atoms with Crippen LogP contribution in [-0.4, -0.2) is 72.3 Å². The summed E-state index contributed by atoms with van der Waals surface area (Å²) in [7, 11) is 0. The van der Waals surface area contributed by atoms with Crippen LogP contribution in [0.15, 0.2) is 18.2 Å². The van der Waals surface area contributed by atoms with Gasteiger partial charge in [0.25, 0.3) is 11.8 Å². The second kappa shape index (κ2) is 7.98. The van der Waals surface area contributed by atoms with Crippen LogP contribution in [0.2, 0.25) is 0 Å². The molecule has 2 N–H and O–H groups in total. The summed E-state index contributed by atoms with van der Waals surface area (Å²) in [5.41, 5.74) is 8.17. The first-order valence-electron chi connectivity index (χ1n) is 10.3. The summed E-state index contributed by atoms with van der Waals surface area (Å²) >= 11 is 0. The van der Waals surface area contributed by atoms with Crippen molar-refractivity contribution in [2.24, 2.45) is 11.7 Å². The van der Waals surface area contributed by atoms with E-state index in [1.807, 2.05) is 28.0 Å². The standard InChI is InChI=1S/C21H30N4O2/c22-13-16-6-9-24(14-16)20(26)17-4-5-19-18(12-17)15-25(21(19)27)11-10-23-7-2-1-3-8-23/h4-5,12,16H,1-3,6-11,13-15,22H2. The van der Waals surface area contributed by atoms with Gasteiger partial charge in [0.05, 0.1) is 0 Å². The molecule has 27 heavy (non-hydrogen) atoms. The lowest BCUT2D eigenvalue weighted by molar-refractivity contribution is 0.0751. The van der Waals surface area contributed by atoms with Gasteiger partial charge >= 0.3 is 0 Å². The molecule has 1 atom stereocenters. The molecule has 0 saturated carbocycles. The molecule has 0 bridgehead atoms. The number of nitrogens with zero attached hydrogens (tertiary/aromatic N) is 3. The monoisotopic (exact) mass is 370 g/mol. The van der Waals surface area contributed by atoms with E-state index < -0.39 is 0 Å². The number of nitrogens with two attached hydrogens (primary N) is 1. The van der Waals surface area contributed by atoms with Gasteiger partial charge in [-0.05, 0) is 68.6 Å². The first-order valence-corrected chi connectivity index (χ1v) is 10.3. The molecule has 4 rings (SSSR count). The van der Waals surface area contributed by atoms with Crippen LogP contribution in [-0.2, 0) is 6.54 Å². The van der Waals surface area contributed by atoms with Crippen molar-refractivity contribution in [2.45, 2.75) is 32.2 Å². The van der Waals surface area contributed by atoms with Gasteiger partial charge in [0, 0.05) is 43.9 Å². The van der Waals surface area contributed by atoms with Gasteiger partial charge in [-0.1, -0.05) is 6.42 Å². The Bertz CT molecular complexity index is 714. The predicted molar refractivity (Wildman–Crippen MR) is 105 cm³/mol. The first kappa shape index (κ1) is 18.4. The van der Waals surface area contributed by atoms with Gasteiger partial charge in [0.1, 0.15) is 0 Å². The van der Waals surface area contributed by atoms with Crippen LogP contribution in [0.4, 0.5) is 0 Å². The van der Waals surface area contributed by atoms with E-state index in [0.29, 0.717) is 24.6 Å². The van der Waals surface area contributed by atoms with Crippen molar-refractivity contribution < 1.29 is 9.59 Å². The normalized spacial score (nSPS) is 23.1. The Kier molecular flexibility index (Phi) is 5.45. The molecule has 0 spiro atoms. The summed E-state index contributed by atoms with van der Waals surface area (Å²) < 4.78 is 0. The highest BCUT2D eigenvalue weighted by atomic mass is 16.2. The zero-order chi connectivity index (χ0) is 18.8. The Morgan fingerprint density at radius 2 is 1.93 bits per heavy atom. The molecule has 1 aromatic rings. The number of fused-ring (bicyclic) bond motifs is 1. The van der Waals surface area contributed by atoms with E-state index in [1.165, 1.54) is 19.3 Å². The van der Waals surface area contributed by atoms with Crippen molar-refractivity contribution >= 4 is 11.8 Å². The molecule has 3 aliphatic heterocycles. The molecular formula is C21H30N4O2. The zero-order valence-corrected chi connectivity index (χ0v) is 16.0. The smallest absolute Gasteiger partial charge is 0.254 e. The summed E-state index contributed by atoms with van der Waals surface area (Å²) in [6.07, 6.45) is 4.84. The average Bonchev–Trinajstić information content (AvgIpc) is 3.31. The summed E-state index contributed by atoms with van der Waals surface area (Å²) in [5.74, 6) is 0.577. The van der Waals surface area contributed by atoms with Crippen LogP contribution in [0.25, 0.3) is 0 Å². The van der Waals surface area contributed by atoms with E-state index in [2.05, 4.69) is 4.90 Å². The van der Waals surface area contributed by atoms with E-state index in [-0.39, 0.29) is 11.8 Å². The molecule has 0 aromatic heterocycles. The Morgan fingerprint density at radius 3 is 2.67 bits per heavy atom. The third-order valence-corrected chi connectivity index (χ3v) is 6.27. The van der Waals surface area contributed by atoms with Gasteiger partial charge < -0.3 is 20.4 Å². The highest BCUT2D eigenvalue weighted by Gasteiger charge is 2.30. The molecule has 2 fully saturated rings. The van der Waals surface area contributed by atoms with E-state index in [4.69, 9.17) is 5.73 Å². The molecule has 6 nitrogen and oxygen atoms in total. The van der Waals surface area contributed by atoms with Crippen molar-refractivity contribution in [3.63, 3.8) is 0 Å². The molecule has 0 aliphatic carbocycles. The molecule has 2 amide bonds. The maximum absolute atomic E-state index is 12.8. The number of hydrogen-bond donors (Lipinski definition) is 1. The minimum atomic E-state index is 0.0629. The highest BCUT2D eigenvalue weighted by Crippen LogP contribution is 2.26. The fourth-order valence-corrected chi connectivity index (χ4v) is 4.53. The molecule has 1 unspecified atom stereocenters. The van der Waals surface area contributed by atoms with Gasteiger partial charge in [-0.2, -0.15) is 0 Å². The molecule has 0 radical (unpaired) electrons. The molecule has 3 aliphatic rings. The number of hydrogen-bond acceptors (Lipinski definition) is 4. The summed E-state index contributed by atoms with van der Waals surface area (Å²) in [5, 5.41) is 0. The Hall–Kier alpha value is -1.92. The molecular weight excluding hydrogens is 340 g/mol. The van der Waals surface area contributed by atoms with Crippen molar-refractivity contribution in [3.05, 3.63) is 34.9 Å². The third kappa shape index (κ3) is 3.87. The van der Waals surface area contributed by atoms with Crippen molar-refractivity contribution in [1.29, 1.82) is 0 Å². The Labute approximate surface area is 161 Å². The SMILES string of the molecule is NCC1CCN(C(=O)c2ccc3c(c2)CN(CCN2CCCCC2)C3=O)C1. The average molecular weight is 370 g/mol. The van der Waals surface area contributed by atoms with Crippen LogP contribution in [0.5, 0.6) is 0 Å². The first-order chi connectivity index (χ1) is 13.2. The lowest BCUT2D eigenvalue weighted by atomic mass is 10.1. The van der Waals surface area contributed by atoms with Crippen molar-refractivity contribution in [1.82, 2.24) is 14.7 Å². The lowest BCUT2D eigenvalue weighted by Crippen LogP contribution is -2.38. The fraction of sp³-hybridized carbons (Fsp3) is 0.619. The summed E-state index contributed by atoms with van der Waals surface area (Å²) in [6.45, 7) is 6.77. The minimum Gasteiger partial charge on any atom is -0.338 e. The summed E-state index contributed by atoms with van der Waals surface area (Å²) in [6, 6.07) is 5.57. The van der Waals surface area contributed by atoms with E-state index in [1.54, 1.807) is 0 Å². The fourth-order valence-electron chi connectivity index (χ4n) is 4.53. The van der Waals surface area contributed by atoms with Gasteiger partial charge in [-0.3, -0.25) is 9.59 Å². The Balaban J connectivity index is 1.39. The molecule has 1 aromatic carbocycles. The quantitative estimate of drug-likeness (QED) is 0.854. The number of carbonyl (C=O) groups excluding carboxylic acids is 2. The van der Waals surface area contributed by atoms with Crippen LogP contribution in [0.3, 0.4) is 0 Å². The number of amides is 2. The van der Waals surface area contributed by atoms with E-state index in [9.17, 15) is 9.59 Å². The number of likely N-dealkylation sites (tertiary alicyclic amines) is 2. The molecule has 6 heteroatoms. The maximum atomic E-state index is 12.8. The van der Waals surface area contributed by atoms with Crippen molar-refractivity contribution in [3.8, 4) is 0 Å². The van der Waals surface area contributed by atoms with E-state index >= 15 is 0 Å². The van der Waals surface area contributed by atoms with Gasteiger partial charge in [0.15, 0.2) is 0 Å². The van der Waals surface area contributed by atoms with Crippen LogP contribution >= 0.6 is 0 Å². The predicted octanol–water partition coefficient (Wildman–Crippen LogP) is 1.55. The maximum Gasteiger partial charge on any atom is 0.254 e. The third-order valence-electron chi connectivity index (χ3n) is 6.27. The second-order valence-electron chi connectivity index (χ2n) is 8.14. The van der Waals surface area contributed by atoms with Crippen LogP contribution in [0, 0.1) is 5.92 Å². The molecule has 2 saturated heterocycles. The minimum absolute atomic E-state index is 0.0629. The number of benzene rings is 1. The highest BCUT2D eigenvalue weighted by molar-refractivity contribution is 6.01. The number of carbonyl (C=O) groups is 2. The largest absolute Gasteiger partial charge is 0.338 e. The topological polar surface area (TPSA) is 69.9 Å². The molecule has 3 heterocycles. The zero-order valence-electron chi connectivity index (χ0n) is 16.0. The van der Waals surface area contributed by atoms with E-state index in [0.717, 1.165) is 56.8 Å². The number of rotatable bonds is 5. The second-order valence-corrected chi connectivity index (χ2v) is 8.14.